The van der Waals surface area contributed by atoms with E-state index < -0.39 is 5.41 Å². The van der Waals surface area contributed by atoms with E-state index in [2.05, 4.69) is 22.1 Å². The van der Waals surface area contributed by atoms with Crippen molar-refractivity contribution in [1.82, 2.24) is 10.3 Å². The maximum atomic E-state index is 11.6. The fraction of sp³-hybridized carbons (Fsp3) is 0.333. The molecule has 22 heavy (non-hydrogen) atoms. The Labute approximate surface area is 130 Å². The SMILES string of the molecule is CC(C)(C)C(=O)NCC#CCOc1ccc2cccnc2c1. The largest absolute Gasteiger partial charge is 0.481 e. The van der Waals surface area contributed by atoms with Gasteiger partial charge in [-0.25, -0.2) is 0 Å². The van der Waals surface area contributed by atoms with E-state index in [9.17, 15) is 4.79 Å². The van der Waals surface area contributed by atoms with Gasteiger partial charge in [0.15, 0.2) is 0 Å². The molecule has 2 rings (SSSR count). The van der Waals surface area contributed by atoms with Gasteiger partial charge in [-0.05, 0) is 18.2 Å². The molecular formula is C18H20N2O2. The summed E-state index contributed by atoms with van der Waals surface area (Å²) in [4.78, 5) is 15.9. The average molecular weight is 296 g/mol. The van der Waals surface area contributed by atoms with Crippen molar-refractivity contribution >= 4 is 16.8 Å². The number of hydrogen-bond acceptors (Lipinski definition) is 3. The second kappa shape index (κ2) is 6.95. The van der Waals surface area contributed by atoms with Gasteiger partial charge in [0.2, 0.25) is 5.91 Å². The van der Waals surface area contributed by atoms with Crippen LogP contribution in [0.1, 0.15) is 20.8 Å². The van der Waals surface area contributed by atoms with Crippen LogP contribution in [-0.2, 0) is 4.79 Å². The summed E-state index contributed by atoms with van der Waals surface area (Å²) < 4.78 is 5.56. The molecule has 0 unspecified atom stereocenters. The van der Waals surface area contributed by atoms with Crippen molar-refractivity contribution in [2.45, 2.75) is 20.8 Å². The summed E-state index contributed by atoms with van der Waals surface area (Å²) in [7, 11) is 0. The molecule has 0 bridgehead atoms. The number of carbonyl (C=O) groups excluding carboxylic acids is 1. The molecular weight excluding hydrogens is 276 g/mol. The standard InChI is InChI=1S/C18H20N2O2/c1-18(2,3)17(21)20-10-4-5-12-22-15-9-8-14-7-6-11-19-16(14)13-15/h6-9,11,13H,10,12H2,1-3H3,(H,20,21). The van der Waals surface area contributed by atoms with Crippen molar-refractivity contribution in [3.05, 3.63) is 36.5 Å². The van der Waals surface area contributed by atoms with Gasteiger partial charge in [0.05, 0.1) is 12.1 Å². The fourth-order valence-corrected chi connectivity index (χ4v) is 1.76. The van der Waals surface area contributed by atoms with E-state index in [1.54, 1.807) is 6.20 Å². The minimum Gasteiger partial charge on any atom is -0.481 e. The molecule has 0 saturated heterocycles. The zero-order valence-electron chi connectivity index (χ0n) is 13.1. The molecule has 1 N–H and O–H groups in total. The molecule has 2 aromatic rings. The Balaban J connectivity index is 1.81. The van der Waals surface area contributed by atoms with Gasteiger partial charge in [-0.1, -0.05) is 38.7 Å². The average Bonchev–Trinajstić information content (AvgIpc) is 2.49. The number of nitrogens with one attached hydrogen (secondary N) is 1. The maximum absolute atomic E-state index is 11.6. The number of fused-ring (bicyclic) bond motifs is 1. The van der Waals surface area contributed by atoms with E-state index in [-0.39, 0.29) is 12.5 Å². The Kier molecular flexibility index (Phi) is 5.00. The van der Waals surface area contributed by atoms with Crippen LogP contribution in [0.25, 0.3) is 10.9 Å². The summed E-state index contributed by atoms with van der Waals surface area (Å²) in [5.41, 5.74) is 0.501. The van der Waals surface area contributed by atoms with Crippen LogP contribution in [-0.4, -0.2) is 24.0 Å². The third-order valence-electron chi connectivity index (χ3n) is 3.03. The van der Waals surface area contributed by atoms with Crippen LogP contribution in [0.3, 0.4) is 0 Å². The Hall–Kier alpha value is -2.54. The normalized spacial score (nSPS) is 10.7. The highest BCUT2D eigenvalue weighted by Gasteiger charge is 2.19. The van der Waals surface area contributed by atoms with E-state index >= 15 is 0 Å². The number of carbonyl (C=O) groups is 1. The third-order valence-corrected chi connectivity index (χ3v) is 3.03. The predicted molar refractivity (Wildman–Crippen MR) is 87.5 cm³/mol. The highest BCUT2D eigenvalue weighted by atomic mass is 16.5. The summed E-state index contributed by atoms with van der Waals surface area (Å²) in [5.74, 6) is 6.48. The summed E-state index contributed by atoms with van der Waals surface area (Å²) >= 11 is 0. The van der Waals surface area contributed by atoms with Crippen molar-refractivity contribution in [3.8, 4) is 17.6 Å². The number of rotatable bonds is 3. The lowest BCUT2D eigenvalue weighted by atomic mass is 9.96. The van der Waals surface area contributed by atoms with Crippen molar-refractivity contribution in [3.63, 3.8) is 0 Å². The number of benzene rings is 1. The van der Waals surface area contributed by atoms with Crippen LogP contribution in [0.5, 0.6) is 5.75 Å². The van der Waals surface area contributed by atoms with Gasteiger partial charge in [-0.3, -0.25) is 9.78 Å². The second-order valence-electron chi connectivity index (χ2n) is 5.93. The molecule has 0 fully saturated rings. The molecule has 1 amide bonds. The van der Waals surface area contributed by atoms with Gasteiger partial charge in [0.25, 0.3) is 0 Å². The highest BCUT2D eigenvalue weighted by molar-refractivity contribution is 5.81. The lowest BCUT2D eigenvalue weighted by molar-refractivity contribution is -0.128. The number of hydrogen-bond donors (Lipinski definition) is 1. The van der Waals surface area contributed by atoms with E-state index in [0.717, 1.165) is 16.7 Å². The molecule has 0 saturated carbocycles. The first-order chi connectivity index (χ1) is 10.5. The number of nitrogens with zero attached hydrogens (tertiary/aromatic N) is 1. The Morgan fingerprint density at radius 2 is 2.09 bits per heavy atom. The molecule has 1 heterocycles. The van der Waals surface area contributed by atoms with Crippen LogP contribution in [0.2, 0.25) is 0 Å². The zero-order chi connectivity index (χ0) is 16.0. The minimum absolute atomic E-state index is 0.0108. The zero-order valence-corrected chi connectivity index (χ0v) is 13.1. The summed E-state index contributed by atoms with van der Waals surface area (Å²) in [6.45, 7) is 6.22. The Bertz CT molecular complexity index is 721. The first-order valence-corrected chi connectivity index (χ1v) is 7.18. The van der Waals surface area contributed by atoms with Gasteiger partial charge in [-0.2, -0.15) is 0 Å². The van der Waals surface area contributed by atoms with Crippen molar-refractivity contribution < 1.29 is 9.53 Å². The Morgan fingerprint density at radius 3 is 2.86 bits per heavy atom. The minimum atomic E-state index is -0.393. The van der Waals surface area contributed by atoms with Crippen molar-refractivity contribution in [2.24, 2.45) is 5.41 Å². The molecule has 1 aromatic carbocycles. The number of aromatic nitrogens is 1. The van der Waals surface area contributed by atoms with Crippen LogP contribution in [0.15, 0.2) is 36.5 Å². The third kappa shape index (κ3) is 4.49. The van der Waals surface area contributed by atoms with Crippen LogP contribution in [0, 0.1) is 17.3 Å². The number of amides is 1. The molecule has 0 spiro atoms. The molecule has 0 aliphatic rings. The van der Waals surface area contributed by atoms with Gasteiger partial charge >= 0.3 is 0 Å². The number of ether oxygens (including phenoxy) is 1. The second-order valence-corrected chi connectivity index (χ2v) is 5.93. The fourth-order valence-electron chi connectivity index (χ4n) is 1.76. The first-order valence-electron chi connectivity index (χ1n) is 7.18. The molecule has 0 atom stereocenters. The molecule has 4 nitrogen and oxygen atoms in total. The monoisotopic (exact) mass is 296 g/mol. The van der Waals surface area contributed by atoms with E-state index in [1.807, 2.05) is 51.1 Å². The molecule has 0 aliphatic carbocycles. The van der Waals surface area contributed by atoms with E-state index in [4.69, 9.17) is 4.74 Å². The summed E-state index contributed by atoms with van der Waals surface area (Å²) in [6.07, 6.45) is 1.75. The molecule has 114 valence electrons. The molecule has 4 heteroatoms. The van der Waals surface area contributed by atoms with Crippen LogP contribution >= 0.6 is 0 Å². The lowest BCUT2D eigenvalue weighted by Gasteiger charge is -2.15. The van der Waals surface area contributed by atoms with Gasteiger partial charge < -0.3 is 10.1 Å². The van der Waals surface area contributed by atoms with Crippen molar-refractivity contribution in [1.29, 1.82) is 0 Å². The predicted octanol–water partition coefficient (Wildman–Crippen LogP) is 2.78. The Morgan fingerprint density at radius 1 is 1.27 bits per heavy atom. The highest BCUT2D eigenvalue weighted by Crippen LogP contribution is 2.18. The maximum Gasteiger partial charge on any atom is 0.226 e. The molecule has 0 aliphatic heterocycles. The van der Waals surface area contributed by atoms with Gasteiger partial charge in [0, 0.05) is 23.1 Å². The van der Waals surface area contributed by atoms with Crippen LogP contribution in [0.4, 0.5) is 0 Å². The smallest absolute Gasteiger partial charge is 0.226 e. The van der Waals surface area contributed by atoms with E-state index in [0.29, 0.717) is 6.54 Å². The number of pyridine rings is 1. The van der Waals surface area contributed by atoms with Crippen LogP contribution < -0.4 is 10.1 Å². The molecule has 1 aromatic heterocycles. The van der Waals surface area contributed by atoms with E-state index in [1.165, 1.54) is 0 Å². The molecule has 0 radical (unpaired) electrons. The van der Waals surface area contributed by atoms with Gasteiger partial charge in [-0.15, -0.1) is 0 Å². The summed E-state index contributed by atoms with van der Waals surface area (Å²) in [5, 5.41) is 3.84. The lowest BCUT2D eigenvalue weighted by Crippen LogP contribution is -2.34. The quantitative estimate of drug-likeness (QED) is 0.886. The topological polar surface area (TPSA) is 51.2 Å². The van der Waals surface area contributed by atoms with Crippen molar-refractivity contribution in [2.75, 3.05) is 13.2 Å². The van der Waals surface area contributed by atoms with Gasteiger partial charge in [0.1, 0.15) is 12.4 Å². The first kappa shape index (κ1) is 15.8. The summed E-state index contributed by atoms with van der Waals surface area (Å²) in [6, 6.07) is 9.66.